The highest BCUT2D eigenvalue weighted by molar-refractivity contribution is 5.74. The van der Waals surface area contributed by atoms with Gasteiger partial charge >= 0.3 is 12.1 Å². The Hall–Kier alpha value is -1.59. The second kappa shape index (κ2) is 5.99. The summed E-state index contributed by atoms with van der Waals surface area (Å²) in [4.78, 5) is 30.8. The fourth-order valence-corrected chi connectivity index (χ4v) is 0.630. The lowest BCUT2D eigenvalue weighted by atomic mass is 10.2. The van der Waals surface area contributed by atoms with E-state index >= 15 is 0 Å². The number of aliphatic carboxylic acids is 1. The molecule has 6 nitrogen and oxygen atoms in total. The van der Waals surface area contributed by atoms with Crippen LogP contribution in [0.1, 0.15) is 12.8 Å². The number of carboxylic acids is 1. The Morgan fingerprint density at radius 2 is 2.23 bits per heavy atom. The highest BCUT2D eigenvalue weighted by Gasteiger charge is 2.13. The molecule has 0 aliphatic carbocycles. The van der Waals surface area contributed by atoms with Crippen LogP contribution < -0.4 is 5.32 Å². The topological polar surface area (TPSA) is 92.7 Å². The monoisotopic (exact) mass is 188 g/mol. The van der Waals surface area contributed by atoms with Gasteiger partial charge in [-0.25, -0.2) is 4.79 Å². The Morgan fingerprint density at radius 3 is 2.62 bits per heavy atom. The summed E-state index contributed by atoms with van der Waals surface area (Å²) in [5.74, 6) is -1.04. The largest absolute Gasteiger partial charge is 0.481 e. The zero-order valence-electron chi connectivity index (χ0n) is 7.07. The molecule has 13 heavy (non-hydrogen) atoms. The summed E-state index contributed by atoms with van der Waals surface area (Å²) >= 11 is 0. The SMILES string of the molecule is COC(=O)N[C@H]([C]=O)CCC(=O)O. The molecular formula is C7H10NO5. The predicted molar refractivity (Wildman–Crippen MR) is 41.9 cm³/mol. The Labute approximate surface area is 74.9 Å². The normalized spacial score (nSPS) is 11.5. The van der Waals surface area contributed by atoms with Gasteiger partial charge in [-0.3, -0.25) is 9.59 Å². The minimum absolute atomic E-state index is 0.00787. The zero-order chi connectivity index (χ0) is 10.3. The van der Waals surface area contributed by atoms with Crippen molar-refractivity contribution in [1.82, 2.24) is 5.32 Å². The third-order valence-electron chi connectivity index (χ3n) is 1.27. The van der Waals surface area contributed by atoms with Crippen molar-refractivity contribution in [1.29, 1.82) is 0 Å². The lowest BCUT2D eigenvalue weighted by Crippen LogP contribution is -2.36. The van der Waals surface area contributed by atoms with Crippen LogP contribution in [0.2, 0.25) is 0 Å². The minimum Gasteiger partial charge on any atom is -0.481 e. The Morgan fingerprint density at radius 1 is 1.62 bits per heavy atom. The Balaban J connectivity index is 3.82. The highest BCUT2D eigenvalue weighted by Crippen LogP contribution is 1.94. The number of carbonyl (C=O) groups excluding carboxylic acids is 2. The second-order valence-electron chi connectivity index (χ2n) is 2.24. The van der Waals surface area contributed by atoms with Gasteiger partial charge in [0.05, 0.1) is 13.2 Å². The van der Waals surface area contributed by atoms with Gasteiger partial charge in [0.15, 0.2) is 0 Å². The van der Waals surface area contributed by atoms with Crippen LogP contribution >= 0.6 is 0 Å². The first-order valence-electron chi connectivity index (χ1n) is 3.54. The van der Waals surface area contributed by atoms with E-state index in [0.717, 1.165) is 7.11 Å². The molecule has 1 atom stereocenters. The van der Waals surface area contributed by atoms with Gasteiger partial charge in [-0.2, -0.15) is 0 Å². The van der Waals surface area contributed by atoms with Crippen LogP contribution in [0.25, 0.3) is 0 Å². The van der Waals surface area contributed by atoms with Gasteiger partial charge in [0.25, 0.3) is 0 Å². The second-order valence-corrected chi connectivity index (χ2v) is 2.24. The van der Waals surface area contributed by atoms with Crippen LogP contribution in [-0.2, 0) is 14.3 Å². The molecule has 0 heterocycles. The Kier molecular flexibility index (Phi) is 5.25. The van der Waals surface area contributed by atoms with Gasteiger partial charge in [-0.1, -0.05) is 0 Å². The average Bonchev–Trinajstić information content (AvgIpc) is 2.11. The zero-order valence-corrected chi connectivity index (χ0v) is 7.07. The maximum Gasteiger partial charge on any atom is 0.407 e. The number of amides is 1. The van der Waals surface area contributed by atoms with Crippen LogP contribution in [0.3, 0.4) is 0 Å². The number of hydrogen-bond acceptors (Lipinski definition) is 4. The predicted octanol–water partition coefficient (Wildman–Crippen LogP) is -0.315. The summed E-state index contributed by atoms with van der Waals surface area (Å²) in [7, 11) is 1.15. The van der Waals surface area contributed by atoms with Crippen LogP contribution in [0, 0.1) is 0 Å². The molecule has 0 spiro atoms. The number of carboxylic acid groups (broad SMARTS) is 1. The maximum absolute atomic E-state index is 10.6. The van der Waals surface area contributed by atoms with Crippen molar-refractivity contribution in [2.24, 2.45) is 0 Å². The van der Waals surface area contributed by atoms with Crippen LogP contribution in [-0.4, -0.2) is 36.6 Å². The molecule has 0 aliphatic rings. The van der Waals surface area contributed by atoms with Crippen molar-refractivity contribution in [3.8, 4) is 0 Å². The molecule has 1 amide bonds. The lowest BCUT2D eigenvalue weighted by molar-refractivity contribution is -0.137. The fraction of sp³-hybridized carbons (Fsp3) is 0.571. The number of alkyl carbamates (subject to hydrolysis) is 1. The van der Waals surface area contributed by atoms with Gasteiger partial charge in [-0.15, -0.1) is 0 Å². The number of methoxy groups -OCH3 is 1. The van der Waals surface area contributed by atoms with Crippen molar-refractivity contribution in [3.63, 3.8) is 0 Å². The number of ether oxygens (including phenoxy) is 1. The summed E-state index contributed by atoms with van der Waals surface area (Å²) in [6.07, 6.45) is 0.522. The van der Waals surface area contributed by atoms with Crippen molar-refractivity contribution in [3.05, 3.63) is 0 Å². The third-order valence-corrected chi connectivity index (χ3v) is 1.27. The molecule has 0 fully saturated rings. The molecule has 0 rings (SSSR count). The number of nitrogens with one attached hydrogen (secondary N) is 1. The van der Waals surface area contributed by atoms with E-state index in [1.165, 1.54) is 6.29 Å². The van der Waals surface area contributed by atoms with Gasteiger partial charge in [0, 0.05) is 6.42 Å². The molecule has 0 bridgehead atoms. The molecule has 2 N–H and O–H groups in total. The summed E-state index contributed by atoms with van der Waals surface area (Å²) in [5.41, 5.74) is 0. The molecule has 1 radical (unpaired) electrons. The molecule has 6 heteroatoms. The minimum atomic E-state index is -1.04. The molecule has 0 saturated carbocycles. The van der Waals surface area contributed by atoms with E-state index in [4.69, 9.17) is 5.11 Å². The van der Waals surface area contributed by atoms with E-state index < -0.39 is 18.1 Å². The number of hydrogen-bond donors (Lipinski definition) is 2. The average molecular weight is 188 g/mol. The summed E-state index contributed by atoms with van der Waals surface area (Å²) < 4.78 is 4.21. The highest BCUT2D eigenvalue weighted by atomic mass is 16.5. The summed E-state index contributed by atoms with van der Waals surface area (Å²) in [5, 5.41) is 10.4. The summed E-state index contributed by atoms with van der Waals surface area (Å²) in [6, 6.07) is -0.927. The lowest BCUT2D eigenvalue weighted by Gasteiger charge is -2.08. The molecule has 73 valence electrons. The summed E-state index contributed by atoms with van der Waals surface area (Å²) in [6.45, 7) is 0. The number of carbonyl (C=O) groups is 2. The quantitative estimate of drug-likeness (QED) is 0.617. The van der Waals surface area contributed by atoms with E-state index in [-0.39, 0.29) is 12.8 Å². The van der Waals surface area contributed by atoms with E-state index in [1.54, 1.807) is 0 Å². The van der Waals surface area contributed by atoms with Crippen molar-refractivity contribution >= 4 is 18.3 Å². The molecule has 0 saturated heterocycles. The van der Waals surface area contributed by atoms with Crippen LogP contribution in [0.4, 0.5) is 4.79 Å². The van der Waals surface area contributed by atoms with Gasteiger partial charge in [0.1, 0.15) is 0 Å². The molecule has 0 aromatic carbocycles. The van der Waals surface area contributed by atoms with E-state index in [2.05, 4.69) is 10.1 Å². The third kappa shape index (κ3) is 5.66. The van der Waals surface area contributed by atoms with Crippen molar-refractivity contribution < 1.29 is 24.2 Å². The first kappa shape index (κ1) is 11.4. The maximum atomic E-state index is 10.6. The fourth-order valence-electron chi connectivity index (χ4n) is 0.630. The van der Waals surface area contributed by atoms with E-state index in [0.29, 0.717) is 0 Å². The molecular weight excluding hydrogens is 178 g/mol. The van der Waals surface area contributed by atoms with E-state index in [1.807, 2.05) is 0 Å². The number of rotatable bonds is 5. The molecule has 0 aromatic heterocycles. The molecule has 0 aromatic rings. The van der Waals surface area contributed by atoms with Gasteiger partial charge < -0.3 is 15.2 Å². The van der Waals surface area contributed by atoms with Crippen LogP contribution in [0.15, 0.2) is 0 Å². The molecule has 0 unspecified atom stereocenters. The standard InChI is InChI=1S/C7H10NO5/c1-13-7(12)8-5(4-9)2-3-6(10)11/h5H,2-3H2,1H3,(H,8,12)(H,10,11)/t5-/m0/s1. The smallest absolute Gasteiger partial charge is 0.407 e. The van der Waals surface area contributed by atoms with Crippen molar-refractivity contribution in [2.75, 3.05) is 7.11 Å². The molecule has 0 aliphatic heterocycles. The first-order valence-corrected chi connectivity index (χ1v) is 3.54. The van der Waals surface area contributed by atoms with Crippen molar-refractivity contribution in [2.45, 2.75) is 18.9 Å². The van der Waals surface area contributed by atoms with Gasteiger partial charge in [-0.05, 0) is 6.42 Å². The van der Waals surface area contributed by atoms with Crippen LogP contribution in [0.5, 0.6) is 0 Å². The van der Waals surface area contributed by atoms with E-state index in [9.17, 15) is 14.4 Å². The van der Waals surface area contributed by atoms with Gasteiger partial charge in [0.2, 0.25) is 6.29 Å². The Bertz CT molecular complexity index is 203. The first-order chi connectivity index (χ1) is 6.10.